The molecule has 104 valence electrons. The molecule has 1 atom stereocenters. The van der Waals surface area contributed by atoms with Gasteiger partial charge in [-0.05, 0) is 11.5 Å². The Morgan fingerprint density at radius 1 is 1.16 bits per heavy atom. The van der Waals surface area contributed by atoms with E-state index in [9.17, 15) is 9.59 Å². The van der Waals surface area contributed by atoms with Crippen LogP contribution < -0.4 is 5.32 Å². The molecule has 0 aliphatic heterocycles. The Balaban J connectivity index is 2.65. The van der Waals surface area contributed by atoms with Crippen LogP contribution in [0.2, 0.25) is 0 Å². The van der Waals surface area contributed by atoms with Crippen LogP contribution in [0.3, 0.4) is 0 Å². The zero-order valence-electron chi connectivity index (χ0n) is 12.0. The van der Waals surface area contributed by atoms with E-state index in [0.717, 1.165) is 5.56 Å². The number of hydrogen-bond donors (Lipinski definition) is 1. The Morgan fingerprint density at radius 2 is 1.74 bits per heavy atom. The van der Waals surface area contributed by atoms with Crippen molar-refractivity contribution in [2.75, 3.05) is 14.1 Å². The van der Waals surface area contributed by atoms with Gasteiger partial charge in [-0.3, -0.25) is 9.59 Å². The number of likely N-dealkylation sites (N-methyl/N-ethyl adjacent to an activating group) is 1. The predicted octanol–water partition coefficient (Wildman–Crippen LogP) is 1.46. The van der Waals surface area contributed by atoms with Crippen LogP contribution in [0.4, 0.5) is 0 Å². The van der Waals surface area contributed by atoms with Gasteiger partial charge in [0.15, 0.2) is 0 Å². The van der Waals surface area contributed by atoms with Crippen LogP contribution in [0.15, 0.2) is 30.3 Å². The Bertz CT molecular complexity index is 427. The highest BCUT2D eigenvalue weighted by Gasteiger charge is 2.25. The summed E-state index contributed by atoms with van der Waals surface area (Å²) in [6, 6.07) is 9.04. The van der Waals surface area contributed by atoms with Crippen molar-refractivity contribution in [3.8, 4) is 0 Å². The summed E-state index contributed by atoms with van der Waals surface area (Å²) in [4.78, 5) is 25.5. The highest BCUT2D eigenvalue weighted by Crippen LogP contribution is 2.06. The first kappa shape index (κ1) is 15.2. The van der Waals surface area contributed by atoms with Gasteiger partial charge in [-0.15, -0.1) is 0 Å². The summed E-state index contributed by atoms with van der Waals surface area (Å²) in [5.74, 6) is -0.133. The molecule has 1 rings (SSSR count). The average molecular weight is 262 g/mol. The molecule has 0 saturated carbocycles. The molecule has 0 radical (unpaired) electrons. The zero-order valence-corrected chi connectivity index (χ0v) is 12.0. The lowest BCUT2D eigenvalue weighted by Gasteiger charge is -2.24. The summed E-state index contributed by atoms with van der Waals surface area (Å²) in [5, 5.41) is 2.82. The van der Waals surface area contributed by atoms with E-state index in [1.54, 1.807) is 14.1 Å². The van der Waals surface area contributed by atoms with Crippen LogP contribution in [-0.2, 0) is 16.0 Å². The van der Waals surface area contributed by atoms with E-state index >= 15 is 0 Å². The normalized spacial score (nSPS) is 12.1. The fraction of sp³-hybridized carbons (Fsp3) is 0.467. The largest absolute Gasteiger partial charge is 0.347 e. The van der Waals surface area contributed by atoms with Crippen molar-refractivity contribution in [2.24, 2.45) is 5.92 Å². The molecule has 1 unspecified atom stereocenters. The summed E-state index contributed by atoms with van der Waals surface area (Å²) in [7, 11) is 3.39. The van der Waals surface area contributed by atoms with Crippen LogP contribution in [0, 0.1) is 5.92 Å². The molecule has 0 saturated heterocycles. The molecule has 1 aromatic rings. The number of nitrogens with zero attached hydrogens (tertiary/aromatic N) is 1. The SMILES string of the molecule is CC(C)C(NC(=O)Cc1ccccc1)C(=O)N(C)C. The highest BCUT2D eigenvalue weighted by molar-refractivity contribution is 5.88. The van der Waals surface area contributed by atoms with E-state index < -0.39 is 6.04 Å². The molecule has 19 heavy (non-hydrogen) atoms. The van der Waals surface area contributed by atoms with Gasteiger partial charge in [0.25, 0.3) is 0 Å². The smallest absolute Gasteiger partial charge is 0.244 e. The molecule has 0 heterocycles. The van der Waals surface area contributed by atoms with Gasteiger partial charge in [0.1, 0.15) is 6.04 Å². The number of carbonyl (C=O) groups excluding carboxylic acids is 2. The number of nitrogens with one attached hydrogen (secondary N) is 1. The maximum absolute atomic E-state index is 12.0. The van der Waals surface area contributed by atoms with Gasteiger partial charge in [0.05, 0.1) is 6.42 Å². The molecule has 1 N–H and O–H groups in total. The Kier molecular flexibility index (Phi) is 5.55. The number of carbonyl (C=O) groups is 2. The topological polar surface area (TPSA) is 49.4 Å². The third-order valence-corrected chi connectivity index (χ3v) is 2.90. The van der Waals surface area contributed by atoms with Crippen molar-refractivity contribution in [1.29, 1.82) is 0 Å². The molecular formula is C15H22N2O2. The molecule has 4 heteroatoms. The second-order valence-electron chi connectivity index (χ2n) is 5.18. The van der Waals surface area contributed by atoms with E-state index in [-0.39, 0.29) is 17.7 Å². The molecule has 0 spiro atoms. The van der Waals surface area contributed by atoms with Crippen molar-refractivity contribution < 1.29 is 9.59 Å². The second-order valence-corrected chi connectivity index (χ2v) is 5.18. The minimum Gasteiger partial charge on any atom is -0.347 e. The van der Waals surface area contributed by atoms with E-state index in [1.807, 2.05) is 44.2 Å². The fourth-order valence-corrected chi connectivity index (χ4v) is 1.80. The number of rotatable bonds is 5. The van der Waals surface area contributed by atoms with Crippen LogP contribution in [0.1, 0.15) is 19.4 Å². The first-order valence-corrected chi connectivity index (χ1v) is 6.46. The summed E-state index contributed by atoms with van der Waals surface area (Å²) in [5.41, 5.74) is 0.944. The highest BCUT2D eigenvalue weighted by atomic mass is 16.2. The van der Waals surface area contributed by atoms with Crippen molar-refractivity contribution in [3.05, 3.63) is 35.9 Å². The van der Waals surface area contributed by atoms with Gasteiger partial charge in [0.2, 0.25) is 11.8 Å². The summed E-state index contributed by atoms with van der Waals surface area (Å²) >= 11 is 0. The lowest BCUT2D eigenvalue weighted by atomic mass is 10.0. The number of amides is 2. The van der Waals surface area contributed by atoms with Crippen molar-refractivity contribution in [1.82, 2.24) is 10.2 Å². The van der Waals surface area contributed by atoms with Gasteiger partial charge in [-0.2, -0.15) is 0 Å². The molecule has 0 aliphatic rings. The van der Waals surface area contributed by atoms with Crippen LogP contribution >= 0.6 is 0 Å². The van der Waals surface area contributed by atoms with Crippen LogP contribution in [0.25, 0.3) is 0 Å². The molecule has 0 fully saturated rings. The van der Waals surface area contributed by atoms with E-state index in [0.29, 0.717) is 6.42 Å². The molecule has 4 nitrogen and oxygen atoms in total. The molecule has 0 aliphatic carbocycles. The van der Waals surface area contributed by atoms with Crippen molar-refractivity contribution in [3.63, 3.8) is 0 Å². The minimum absolute atomic E-state index is 0.0645. The summed E-state index contributed by atoms with van der Waals surface area (Å²) in [6.45, 7) is 3.85. The molecule has 0 bridgehead atoms. The fourth-order valence-electron chi connectivity index (χ4n) is 1.80. The number of hydrogen-bond acceptors (Lipinski definition) is 2. The monoisotopic (exact) mass is 262 g/mol. The Morgan fingerprint density at radius 3 is 2.21 bits per heavy atom. The van der Waals surface area contributed by atoms with Gasteiger partial charge in [-0.1, -0.05) is 44.2 Å². The molecule has 2 amide bonds. The maximum atomic E-state index is 12.0. The third kappa shape index (κ3) is 4.73. The molecule has 0 aromatic heterocycles. The van der Waals surface area contributed by atoms with Crippen LogP contribution in [-0.4, -0.2) is 36.9 Å². The van der Waals surface area contributed by atoms with Crippen LogP contribution in [0.5, 0.6) is 0 Å². The van der Waals surface area contributed by atoms with Gasteiger partial charge in [-0.25, -0.2) is 0 Å². The first-order valence-electron chi connectivity index (χ1n) is 6.46. The molecular weight excluding hydrogens is 240 g/mol. The average Bonchev–Trinajstić information content (AvgIpc) is 2.36. The minimum atomic E-state index is -0.466. The lowest BCUT2D eigenvalue weighted by Crippen LogP contribution is -2.49. The second kappa shape index (κ2) is 6.92. The maximum Gasteiger partial charge on any atom is 0.244 e. The van der Waals surface area contributed by atoms with E-state index in [4.69, 9.17) is 0 Å². The summed E-state index contributed by atoms with van der Waals surface area (Å²) < 4.78 is 0. The van der Waals surface area contributed by atoms with Gasteiger partial charge < -0.3 is 10.2 Å². The lowest BCUT2D eigenvalue weighted by molar-refractivity contribution is -0.135. The quantitative estimate of drug-likeness (QED) is 0.873. The first-order chi connectivity index (χ1) is 8.91. The summed E-state index contributed by atoms with van der Waals surface area (Å²) in [6.07, 6.45) is 0.296. The molecule has 1 aromatic carbocycles. The third-order valence-electron chi connectivity index (χ3n) is 2.90. The van der Waals surface area contributed by atoms with Crippen molar-refractivity contribution in [2.45, 2.75) is 26.3 Å². The van der Waals surface area contributed by atoms with Gasteiger partial charge in [0, 0.05) is 14.1 Å². The van der Waals surface area contributed by atoms with E-state index in [2.05, 4.69) is 5.32 Å². The predicted molar refractivity (Wildman–Crippen MR) is 75.6 cm³/mol. The zero-order chi connectivity index (χ0) is 14.4. The van der Waals surface area contributed by atoms with Gasteiger partial charge >= 0.3 is 0 Å². The van der Waals surface area contributed by atoms with E-state index in [1.165, 1.54) is 4.90 Å². The Hall–Kier alpha value is -1.84. The Labute approximate surface area is 114 Å². The van der Waals surface area contributed by atoms with Crippen molar-refractivity contribution >= 4 is 11.8 Å². The standard InChI is InChI=1S/C15H22N2O2/c1-11(2)14(15(19)17(3)4)16-13(18)10-12-8-6-5-7-9-12/h5-9,11,14H,10H2,1-4H3,(H,16,18). The number of benzene rings is 1.